The highest BCUT2D eigenvalue weighted by Crippen LogP contribution is 2.27. The monoisotopic (exact) mass is 452 g/mol. The van der Waals surface area contributed by atoms with Crippen LogP contribution in [0.15, 0.2) is 58.3 Å². The number of aromatic nitrogens is 2. The molecule has 3 heterocycles. The van der Waals surface area contributed by atoms with Crippen molar-refractivity contribution in [3.05, 3.63) is 75.1 Å². The number of hydrogen-bond acceptors (Lipinski definition) is 5. The minimum absolute atomic E-state index is 0.0683. The van der Waals surface area contributed by atoms with Crippen molar-refractivity contribution in [1.29, 1.82) is 0 Å². The van der Waals surface area contributed by atoms with Crippen molar-refractivity contribution in [2.24, 2.45) is 0 Å². The number of nitrogens with one attached hydrogen (secondary N) is 1. The lowest BCUT2D eigenvalue weighted by Gasteiger charge is -2.45. The molecule has 0 unspecified atom stereocenters. The predicted octanol–water partition coefficient (Wildman–Crippen LogP) is 0.936. The van der Waals surface area contributed by atoms with Gasteiger partial charge in [-0.15, -0.1) is 0 Å². The Bertz CT molecular complexity index is 1170. The molecule has 2 amide bonds. The van der Waals surface area contributed by atoms with Crippen LogP contribution in [0.5, 0.6) is 5.75 Å². The minimum atomic E-state index is -0.619. The van der Waals surface area contributed by atoms with Crippen molar-refractivity contribution >= 4 is 11.8 Å². The van der Waals surface area contributed by atoms with E-state index >= 15 is 0 Å². The van der Waals surface area contributed by atoms with Crippen molar-refractivity contribution in [2.45, 2.75) is 44.3 Å². The van der Waals surface area contributed by atoms with Crippen LogP contribution in [0.1, 0.15) is 24.8 Å². The van der Waals surface area contributed by atoms with E-state index in [-0.39, 0.29) is 37.0 Å². The van der Waals surface area contributed by atoms with E-state index < -0.39 is 11.2 Å². The largest absolute Gasteiger partial charge is 0.483 e. The molecule has 2 atom stereocenters. The van der Waals surface area contributed by atoms with Gasteiger partial charge in [0.2, 0.25) is 5.91 Å². The maximum absolute atomic E-state index is 13.2. The summed E-state index contributed by atoms with van der Waals surface area (Å²) in [5.74, 6) is 0.338. The molecule has 1 saturated heterocycles. The summed E-state index contributed by atoms with van der Waals surface area (Å²) >= 11 is 0. The van der Waals surface area contributed by atoms with E-state index in [9.17, 15) is 19.2 Å². The Kier molecular flexibility index (Phi) is 6.76. The molecule has 0 aliphatic carbocycles. The van der Waals surface area contributed by atoms with Crippen LogP contribution >= 0.6 is 0 Å². The third-order valence-electron chi connectivity index (χ3n) is 6.36. The molecule has 1 aromatic carbocycles. The molecule has 9 heteroatoms. The van der Waals surface area contributed by atoms with Crippen LogP contribution < -0.4 is 16.0 Å². The highest BCUT2D eigenvalue weighted by Gasteiger charge is 2.37. The summed E-state index contributed by atoms with van der Waals surface area (Å²) in [5, 5.41) is 0. The second-order valence-electron chi connectivity index (χ2n) is 8.41. The quantitative estimate of drug-likeness (QED) is 0.683. The number of likely N-dealkylation sites (N-methyl/N-ethyl adjacent to an activating group) is 1. The zero-order valence-corrected chi connectivity index (χ0v) is 18.6. The van der Waals surface area contributed by atoms with Crippen molar-refractivity contribution in [1.82, 2.24) is 19.4 Å². The van der Waals surface area contributed by atoms with Gasteiger partial charge in [-0.25, -0.2) is 4.79 Å². The number of aromatic amines is 1. The molecule has 2 aromatic rings. The van der Waals surface area contributed by atoms with Gasteiger partial charge in [0.15, 0.2) is 6.61 Å². The third kappa shape index (κ3) is 5.08. The molecule has 33 heavy (non-hydrogen) atoms. The van der Waals surface area contributed by atoms with Crippen molar-refractivity contribution < 1.29 is 14.3 Å². The van der Waals surface area contributed by atoms with Crippen LogP contribution in [-0.4, -0.2) is 63.4 Å². The van der Waals surface area contributed by atoms with Crippen LogP contribution in [-0.2, 0) is 22.6 Å². The van der Waals surface area contributed by atoms with Crippen LogP contribution in [0.3, 0.4) is 0 Å². The van der Waals surface area contributed by atoms with Crippen LogP contribution in [0, 0.1) is 0 Å². The minimum Gasteiger partial charge on any atom is -0.483 e. The van der Waals surface area contributed by atoms with Gasteiger partial charge in [-0.1, -0.05) is 30.4 Å². The SMILES string of the molecule is CN1C(=O)COc2ccccc2C/C=C/C[C@@H]2[C@H]1CCCN2C(=O)Cn1ccc(=O)[nH]c1=O. The van der Waals surface area contributed by atoms with Gasteiger partial charge in [0.05, 0.1) is 12.1 Å². The smallest absolute Gasteiger partial charge is 0.328 e. The maximum atomic E-state index is 13.2. The number of likely N-dealkylation sites (tertiary alicyclic amines) is 1. The van der Waals surface area contributed by atoms with Crippen LogP contribution in [0.25, 0.3) is 0 Å². The number of fused-ring (bicyclic) bond motifs is 2. The molecule has 4 rings (SSSR count). The number of H-pyrrole nitrogens is 1. The molecule has 1 fully saturated rings. The van der Waals surface area contributed by atoms with E-state index in [1.807, 2.05) is 30.3 Å². The summed E-state index contributed by atoms with van der Waals surface area (Å²) in [7, 11) is 1.76. The Morgan fingerprint density at radius 1 is 1.12 bits per heavy atom. The van der Waals surface area contributed by atoms with Crippen molar-refractivity contribution in [3.8, 4) is 5.75 Å². The standard InChI is InChI=1S/C24H28N4O5/c1-26-18-10-6-13-28(22(30)15-27-14-12-21(29)25-24(27)32)19(18)9-4-2-7-17-8-3-5-11-20(17)33-16-23(26)31/h2-5,8,11-12,14,18-19H,6-7,9-10,13,15-16H2,1H3,(H,25,29,32)/b4-2+/t18-,19-/m1/s1. The molecule has 1 aromatic heterocycles. The zero-order chi connectivity index (χ0) is 23.4. The molecule has 2 aliphatic rings. The number of rotatable bonds is 2. The fraction of sp³-hybridized carbons (Fsp3) is 0.417. The Hall–Kier alpha value is -3.62. The number of hydrogen-bond donors (Lipinski definition) is 1. The molecule has 9 nitrogen and oxygen atoms in total. The molecule has 0 radical (unpaired) electrons. The number of benzene rings is 1. The van der Waals surface area contributed by atoms with E-state index in [0.717, 1.165) is 18.4 Å². The molecular weight excluding hydrogens is 424 g/mol. The molecule has 2 aliphatic heterocycles. The first-order valence-electron chi connectivity index (χ1n) is 11.1. The van der Waals surface area contributed by atoms with E-state index in [4.69, 9.17) is 4.74 Å². The summed E-state index contributed by atoms with van der Waals surface area (Å²) in [6.45, 7) is 0.311. The van der Waals surface area contributed by atoms with Gasteiger partial charge >= 0.3 is 5.69 Å². The van der Waals surface area contributed by atoms with E-state index in [0.29, 0.717) is 25.1 Å². The molecule has 0 bridgehead atoms. The van der Waals surface area contributed by atoms with Gasteiger partial charge in [-0.2, -0.15) is 0 Å². The van der Waals surface area contributed by atoms with E-state index in [2.05, 4.69) is 11.1 Å². The first-order valence-corrected chi connectivity index (χ1v) is 11.1. The number of nitrogens with zero attached hydrogens (tertiary/aromatic N) is 3. The fourth-order valence-corrected chi connectivity index (χ4v) is 4.57. The van der Waals surface area contributed by atoms with Crippen molar-refractivity contribution in [3.63, 3.8) is 0 Å². The number of para-hydroxylation sites is 1. The van der Waals surface area contributed by atoms with E-state index in [1.165, 1.54) is 16.8 Å². The van der Waals surface area contributed by atoms with Crippen molar-refractivity contribution in [2.75, 3.05) is 20.2 Å². The first-order chi connectivity index (χ1) is 15.9. The lowest BCUT2D eigenvalue weighted by molar-refractivity contribution is -0.144. The Labute approximate surface area is 191 Å². The van der Waals surface area contributed by atoms with Gasteiger partial charge in [0, 0.05) is 25.9 Å². The number of carbonyl (C=O) groups is 2. The summed E-state index contributed by atoms with van der Waals surface area (Å²) in [6, 6.07) is 8.50. The van der Waals surface area contributed by atoms with Crippen LogP contribution in [0.2, 0.25) is 0 Å². The summed E-state index contributed by atoms with van der Waals surface area (Å²) in [6.07, 6.45) is 8.22. The summed E-state index contributed by atoms with van der Waals surface area (Å²) < 4.78 is 7.02. The fourth-order valence-electron chi connectivity index (χ4n) is 4.57. The molecular formula is C24H28N4O5. The van der Waals surface area contributed by atoms with Gasteiger partial charge in [0.1, 0.15) is 12.3 Å². The van der Waals surface area contributed by atoms with Gasteiger partial charge < -0.3 is 14.5 Å². The average molecular weight is 453 g/mol. The Morgan fingerprint density at radius 3 is 2.76 bits per heavy atom. The molecule has 174 valence electrons. The second-order valence-corrected chi connectivity index (χ2v) is 8.41. The summed E-state index contributed by atoms with van der Waals surface area (Å²) in [5.41, 5.74) is -0.128. The number of ether oxygens (including phenoxy) is 1. The highest BCUT2D eigenvalue weighted by molar-refractivity contribution is 5.79. The first kappa shape index (κ1) is 22.6. The molecule has 1 N–H and O–H groups in total. The third-order valence-corrected chi connectivity index (χ3v) is 6.36. The Balaban J connectivity index is 1.59. The second kappa shape index (κ2) is 9.89. The van der Waals surface area contributed by atoms with Gasteiger partial charge in [-0.3, -0.25) is 23.9 Å². The van der Waals surface area contributed by atoms with E-state index in [1.54, 1.807) is 16.8 Å². The maximum Gasteiger partial charge on any atom is 0.328 e. The summed E-state index contributed by atoms with van der Waals surface area (Å²) in [4.78, 5) is 55.2. The highest BCUT2D eigenvalue weighted by atomic mass is 16.5. The lowest BCUT2D eigenvalue weighted by Crippen LogP contribution is -2.58. The average Bonchev–Trinajstić information content (AvgIpc) is 2.81. The molecule has 0 saturated carbocycles. The lowest BCUT2D eigenvalue weighted by atomic mass is 9.91. The number of carbonyl (C=O) groups excluding carboxylic acids is 2. The van der Waals surface area contributed by atoms with Gasteiger partial charge in [0.25, 0.3) is 11.5 Å². The zero-order valence-electron chi connectivity index (χ0n) is 18.6. The molecule has 0 spiro atoms. The van der Waals surface area contributed by atoms with Crippen LogP contribution in [0.4, 0.5) is 0 Å². The number of allylic oxidation sites excluding steroid dienone is 1. The topological polar surface area (TPSA) is 105 Å². The predicted molar refractivity (Wildman–Crippen MR) is 122 cm³/mol. The number of piperidine rings is 1. The Morgan fingerprint density at radius 2 is 1.94 bits per heavy atom. The number of amides is 2. The normalized spacial score (nSPS) is 22.3. The van der Waals surface area contributed by atoms with Gasteiger partial charge in [-0.05, 0) is 37.3 Å².